The third-order valence-corrected chi connectivity index (χ3v) is 4.88. The van der Waals surface area contributed by atoms with Crippen molar-refractivity contribution in [1.29, 1.82) is 0 Å². The van der Waals surface area contributed by atoms with Gasteiger partial charge in [-0.1, -0.05) is 0 Å². The Balaban J connectivity index is 1.52. The summed E-state index contributed by atoms with van der Waals surface area (Å²) in [4.78, 5) is 26.5. The summed E-state index contributed by atoms with van der Waals surface area (Å²) in [5.41, 5.74) is 6.35. The largest absolute Gasteiger partial charge is 0.397 e. The number of carbonyl (C=O) groups is 2. The lowest BCUT2D eigenvalue weighted by atomic mass is 10.0. The third kappa shape index (κ3) is 2.80. The smallest absolute Gasteiger partial charge is 0.266 e. The average molecular weight is 293 g/mol. The first-order valence-electron chi connectivity index (χ1n) is 7.08. The molecule has 5 nitrogen and oxygen atoms in total. The van der Waals surface area contributed by atoms with Crippen molar-refractivity contribution in [2.75, 3.05) is 18.8 Å². The van der Waals surface area contributed by atoms with Crippen LogP contribution in [0.2, 0.25) is 0 Å². The summed E-state index contributed by atoms with van der Waals surface area (Å²) in [6.45, 7) is 1.37. The molecular weight excluding hydrogens is 274 g/mol. The van der Waals surface area contributed by atoms with E-state index in [4.69, 9.17) is 5.73 Å². The van der Waals surface area contributed by atoms with Crippen LogP contribution in [0.1, 0.15) is 35.4 Å². The van der Waals surface area contributed by atoms with E-state index >= 15 is 0 Å². The molecule has 3 rings (SSSR count). The van der Waals surface area contributed by atoms with Gasteiger partial charge in [-0.05, 0) is 37.1 Å². The number of carbonyl (C=O) groups excluding carboxylic acids is 2. The number of nitrogens with two attached hydrogens (primary N) is 1. The van der Waals surface area contributed by atoms with Crippen LogP contribution in [0.25, 0.3) is 0 Å². The molecule has 0 bridgehead atoms. The molecule has 1 aromatic rings. The molecule has 108 valence electrons. The van der Waals surface area contributed by atoms with Gasteiger partial charge in [0, 0.05) is 25.0 Å². The molecule has 1 saturated heterocycles. The van der Waals surface area contributed by atoms with Crippen LogP contribution in [0.15, 0.2) is 11.4 Å². The molecule has 1 saturated carbocycles. The highest BCUT2D eigenvalue weighted by Crippen LogP contribution is 2.29. The third-order valence-electron chi connectivity index (χ3n) is 3.97. The topological polar surface area (TPSA) is 75.4 Å². The first kappa shape index (κ1) is 13.4. The summed E-state index contributed by atoms with van der Waals surface area (Å²) in [5.74, 6) is 0.460. The van der Waals surface area contributed by atoms with E-state index in [9.17, 15) is 9.59 Å². The Morgan fingerprint density at radius 2 is 1.95 bits per heavy atom. The lowest BCUT2D eigenvalue weighted by molar-refractivity contribution is -0.123. The summed E-state index contributed by atoms with van der Waals surface area (Å²) in [6, 6.07) is 1.98. The Bertz CT molecular complexity index is 516. The zero-order chi connectivity index (χ0) is 14.1. The zero-order valence-electron chi connectivity index (χ0n) is 11.3. The summed E-state index contributed by atoms with van der Waals surface area (Å²) in [5, 5.41) is 4.93. The maximum atomic E-state index is 12.3. The Hall–Kier alpha value is -1.56. The van der Waals surface area contributed by atoms with Gasteiger partial charge in [-0.3, -0.25) is 9.59 Å². The number of nitrogens with one attached hydrogen (secondary N) is 1. The lowest BCUT2D eigenvalue weighted by Crippen LogP contribution is -2.46. The second kappa shape index (κ2) is 5.44. The predicted octanol–water partition coefficient (Wildman–Crippen LogP) is 1.46. The molecule has 2 aliphatic rings. The Labute approximate surface area is 122 Å². The van der Waals surface area contributed by atoms with Gasteiger partial charge in [-0.2, -0.15) is 0 Å². The second-order valence-corrected chi connectivity index (χ2v) is 6.47. The molecule has 0 unspecified atom stereocenters. The highest BCUT2D eigenvalue weighted by Gasteiger charge is 2.32. The minimum absolute atomic E-state index is 0.0180. The van der Waals surface area contributed by atoms with Gasteiger partial charge in [0.2, 0.25) is 5.91 Å². The fourth-order valence-electron chi connectivity index (χ4n) is 2.53. The first-order chi connectivity index (χ1) is 9.65. The summed E-state index contributed by atoms with van der Waals surface area (Å²) >= 11 is 1.39. The second-order valence-electron chi connectivity index (χ2n) is 5.55. The van der Waals surface area contributed by atoms with E-state index in [1.165, 1.54) is 11.3 Å². The van der Waals surface area contributed by atoms with Gasteiger partial charge in [-0.15, -0.1) is 11.3 Å². The van der Waals surface area contributed by atoms with Crippen LogP contribution >= 0.6 is 11.3 Å². The number of anilines is 1. The molecule has 0 radical (unpaired) electrons. The molecule has 0 aromatic carbocycles. The van der Waals surface area contributed by atoms with Crippen molar-refractivity contribution in [2.24, 2.45) is 5.92 Å². The van der Waals surface area contributed by atoms with Crippen LogP contribution in [-0.4, -0.2) is 35.8 Å². The standard InChI is InChI=1S/C14H19N3O2S/c15-11-5-8-20-12(11)14(19)17-6-3-10(4-7-17)16-13(18)9-1-2-9/h5,8-10H,1-4,6-7,15H2,(H,16,18). The van der Waals surface area contributed by atoms with Crippen molar-refractivity contribution in [2.45, 2.75) is 31.7 Å². The molecule has 0 spiro atoms. The fraction of sp³-hybridized carbons (Fsp3) is 0.571. The van der Waals surface area contributed by atoms with Crippen LogP contribution in [0.5, 0.6) is 0 Å². The molecule has 2 heterocycles. The minimum atomic E-state index is 0.0180. The highest BCUT2D eigenvalue weighted by molar-refractivity contribution is 7.12. The minimum Gasteiger partial charge on any atom is -0.397 e. The maximum Gasteiger partial charge on any atom is 0.266 e. The van der Waals surface area contributed by atoms with E-state index in [2.05, 4.69) is 5.32 Å². The number of rotatable bonds is 3. The number of nitrogen functional groups attached to an aromatic ring is 1. The molecule has 2 amide bonds. The molecule has 20 heavy (non-hydrogen) atoms. The fourth-order valence-corrected chi connectivity index (χ4v) is 3.31. The monoisotopic (exact) mass is 293 g/mol. The Kier molecular flexibility index (Phi) is 3.65. The number of nitrogens with zero attached hydrogens (tertiary/aromatic N) is 1. The number of thiophene rings is 1. The van der Waals surface area contributed by atoms with E-state index in [1.807, 2.05) is 10.3 Å². The molecule has 0 atom stereocenters. The van der Waals surface area contributed by atoms with Crippen molar-refractivity contribution in [3.05, 3.63) is 16.3 Å². The van der Waals surface area contributed by atoms with E-state index in [0.717, 1.165) is 25.7 Å². The zero-order valence-corrected chi connectivity index (χ0v) is 12.1. The van der Waals surface area contributed by atoms with Gasteiger partial charge >= 0.3 is 0 Å². The van der Waals surface area contributed by atoms with Crippen molar-refractivity contribution in [1.82, 2.24) is 10.2 Å². The van der Waals surface area contributed by atoms with Crippen LogP contribution in [0.3, 0.4) is 0 Å². The van der Waals surface area contributed by atoms with E-state index < -0.39 is 0 Å². The van der Waals surface area contributed by atoms with Crippen molar-refractivity contribution >= 4 is 28.8 Å². The van der Waals surface area contributed by atoms with Crippen LogP contribution in [-0.2, 0) is 4.79 Å². The summed E-state index contributed by atoms with van der Waals surface area (Å²) in [7, 11) is 0. The normalized spacial score (nSPS) is 19.9. The van der Waals surface area contributed by atoms with Crippen LogP contribution in [0.4, 0.5) is 5.69 Å². The van der Waals surface area contributed by atoms with E-state index in [1.54, 1.807) is 6.07 Å². The van der Waals surface area contributed by atoms with Gasteiger partial charge in [0.15, 0.2) is 0 Å². The molecule has 1 aromatic heterocycles. The highest BCUT2D eigenvalue weighted by atomic mass is 32.1. The van der Waals surface area contributed by atoms with E-state index in [-0.39, 0.29) is 23.8 Å². The maximum absolute atomic E-state index is 12.3. The predicted molar refractivity (Wildman–Crippen MR) is 78.5 cm³/mol. The van der Waals surface area contributed by atoms with Gasteiger partial charge in [0.05, 0.1) is 5.69 Å². The number of likely N-dealkylation sites (tertiary alicyclic amines) is 1. The molecule has 2 fully saturated rings. The van der Waals surface area contributed by atoms with Gasteiger partial charge in [0.25, 0.3) is 5.91 Å². The van der Waals surface area contributed by atoms with Gasteiger partial charge in [0.1, 0.15) is 4.88 Å². The number of piperidine rings is 1. The van der Waals surface area contributed by atoms with E-state index in [0.29, 0.717) is 23.7 Å². The number of amides is 2. The lowest BCUT2D eigenvalue weighted by Gasteiger charge is -2.32. The van der Waals surface area contributed by atoms with Crippen molar-refractivity contribution in [3.8, 4) is 0 Å². The quantitative estimate of drug-likeness (QED) is 0.886. The number of hydrogen-bond acceptors (Lipinski definition) is 4. The van der Waals surface area contributed by atoms with Crippen LogP contribution in [0, 0.1) is 5.92 Å². The molecule has 6 heteroatoms. The first-order valence-corrected chi connectivity index (χ1v) is 7.95. The summed E-state index contributed by atoms with van der Waals surface area (Å²) in [6.07, 6.45) is 3.71. The average Bonchev–Trinajstić information content (AvgIpc) is 3.21. The Morgan fingerprint density at radius 3 is 2.50 bits per heavy atom. The summed E-state index contributed by atoms with van der Waals surface area (Å²) < 4.78 is 0. The Morgan fingerprint density at radius 1 is 1.25 bits per heavy atom. The molecular formula is C14H19N3O2S. The molecule has 1 aliphatic heterocycles. The SMILES string of the molecule is Nc1ccsc1C(=O)N1CCC(NC(=O)C2CC2)CC1. The van der Waals surface area contributed by atoms with Gasteiger partial charge in [-0.25, -0.2) is 0 Å². The number of hydrogen-bond donors (Lipinski definition) is 2. The van der Waals surface area contributed by atoms with Gasteiger partial charge < -0.3 is 16.0 Å². The van der Waals surface area contributed by atoms with Crippen LogP contribution < -0.4 is 11.1 Å². The molecule has 3 N–H and O–H groups in total. The molecule has 1 aliphatic carbocycles. The van der Waals surface area contributed by atoms with Crippen molar-refractivity contribution in [3.63, 3.8) is 0 Å². The van der Waals surface area contributed by atoms with Crippen molar-refractivity contribution < 1.29 is 9.59 Å².